The number of amides is 4. The van der Waals surface area contributed by atoms with E-state index in [1.165, 1.54) is 29.4 Å². The normalized spacial score (nSPS) is 27.7. The average Bonchev–Trinajstić information content (AvgIpc) is 3.54. The number of nitrogens with zero attached hydrogens (tertiary/aromatic N) is 5. The first-order valence-electron chi connectivity index (χ1n) is 18.4. The highest BCUT2D eigenvalue weighted by molar-refractivity contribution is 6.58. The van der Waals surface area contributed by atoms with Crippen LogP contribution in [0.2, 0.25) is 0 Å². The minimum Gasteiger partial charge on any atom is -0.508 e. The lowest BCUT2D eigenvalue weighted by Gasteiger charge is -2.51. The Morgan fingerprint density at radius 2 is 1.44 bits per heavy atom. The zero-order valence-electron chi connectivity index (χ0n) is 30.6. The molecule has 288 valence electrons. The molecule has 57 heavy (non-hydrogen) atoms. The molecule has 1 saturated carbocycles. The first-order valence-corrected chi connectivity index (χ1v) is 19.1. The lowest BCUT2D eigenvalue weighted by atomic mass is 9.56. The van der Waals surface area contributed by atoms with Gasteiger partial charge in [-0.3, -0.25) is 24.1 Å². The van der Waals surface area contributed by atoms with Crippen molar-refractivity contribution in [3.05, 3.63) is 126 Å². The number of imide groups is 2. The van der Waals surface area contributed by atoms with Crippen molar-refractivity contribution in [3.8, 4) is 11.5 Å². The fourth-order valence-corrected chi connectivity index (χ4v) is 10.0. The highest BCUT2D eigenvalue weighted by atomic mass is 35.5. The van der Waals surface area contributed by atoms with Gasteiger partial charge in [-0.1, -0.05) is 11.6 Å². The molecule has 2 saturated heterocycles. The molecule has 14 heteroatoms. The Balaban J connectivity index is 1.07. The number of azo groups is 1. The summed E-state index contributed by atoms with van der Waals surface area (Å²) >= 11 is 15.0. The molecule has 1 N–H and O–H groups in total. The van der Waals surface area contributed by atoms with Gasteiger partial charge in [-0.05, 0) is 115 Å². The molecule has 9 rings (SSSR count). The Morgan fingerprint density at radius 1 is 0.807 bits per heavy atom. The molecule has 0 aromatic heterocycles. The summed E-state index contributed by atoms with van der Waals surface area (Å²) in [5.74, 6) is -6.09. The van der Waals surface area contributed by atoms with Crippen LogP contribution in [0.5, 0.6) is 11.5 Å². The van der Waals surface area contributed by atoms with E-state index in [2.05, 4.69) is 10.2 Å². The van der Waals surface area contributed by atoms with E-state index in [-0.39, 0.29) is 30.7 Å². The quantitative estimate of drug-likeness (QED) is 0.0901. The average molecular weight is 807 g/mol. The Morgan fingerprint density at radius 3 is 2.11 bits per heavy atom. The van der Waals surface area contributed by atoms with E-state index in [1.807, 2.05) is 49.3 Å². The first kappa shape index (κ1) is 36.8. The predicted molar refractivity (Wildman–Crippen MR) is 212 cm³/mol. The van der Waals surface area contributed by atoms with Crippen LogP contribution in [-0.4, -0.2) is 52.6 Å². The summed E-state index contributed by atoms with van der Waals surface area (Å²) in [7, 11) is 3.90. The van der Waals surface area contributed by atoms with Gasteiger partial charge in [0.1, 0.15) is 17.3 Å². The first-order chi connectivity index (χ1) is 27.3. The molecular formula is C43H34Cl2FN5O6. The molecule has 3 aliphatic heterocycles. The minimum atomic E-state index is -2.11. The number of hydrogen-bond acceptors (Lipinski definition) is 9. The number of phenolic OH excluding ortho intramolecular Hbond substituents is 1. The summed E-state index contributed by atoms with van der Waals surface area (Å²) in [6, 6.07) is 23.7. The molecule has 0 radical (unpaired) electrons. The van der Waals surface area contributed by atoms with Crippen LogP contribution < -0.4 is 19.4 Å². The van der Waals surface area contributed by atoms with E-state index >= 15 is 0 Å². The summed E-state index contributed by atoms with van der Waals surface area (Å²) in [6.07, 6.45) is 3.44. The van der Waals surface area contributed by atoms with Crippen LogP contribution in [0.3, 0.4) is 0 Å². The lowest BCUT2D eigenvalue weighted by Crippen LogP contribution is -2.61. The number of hydrogen-bond donors (Lipinski definition) is 1. The van der Waals surface area contributed by atoms with Crippen molar-refractivity contribution in [2.45, 2.75) is 29.0 Å². The van der Waals surface area contributed by atoms with Gasteiger partial charge in [-0.2, -0.15) is 10.2 Å². The third-order valence-electron chi connectivity index (χ3n) is 11.8. The summed E-state index contributed by atoms with van der Waals surface area (Å²) in [5.41, 5.74) is 4.34. The molecule has 2 aliphatic carbocycles. The van der Waals surface area contributed by atoms with Gasteiger partial charge in [-0.25, -0.2) is 9.29 Å². The third kappa shape index (κ3) is 5.60. The number of phenols is 1. The fraction of sp³-hybridized carbons (Fsp3) is 0.256. The maximum absolute atomic E-state index is 14.7. The van der Waals surface area contributed by atoms with Crippen molar-refractivity contribution in [3.63, 3.8) is 0 Å². The Hall–Kier alpha value is -5.85. The predicted octanol–water partition coefficient (Wildman–Crippen LogP) is 8.13. The molecule has 0 bridgehead atoms. The van der Waals surface area contributed by atoms with Gasteiger partial charge in [0.25, 0.3) is 11.8 Å². The number of fused-ring (bicyclic) bond motifs is 5. The Bertz CT molecular complexity index is 2470. The summed E-state index contributed by atoms with van der Waals surface area (Å²) in [4.78, 5) is 57.8. The standard InChI is InChI=1S/C43H34Cl2FN5O6/c1-49(2)28-11-5-26(6-12-28)47-48-27-7-13-29(14-8-27)50-38(53)33-17-16-32-34(36(33)39(50)54)21-42(44)40(55)51(30-9-3-25(46)4-10-30)41(56)43(42,45)37(32)24-19-23-20-31(52)15-18-35(23)57-22-24/h3-16,18,20,22,33-34,36-37,52H,17,19,21H2,1-2H3. The van der Waals surface area contributed by atoms with Crippen LogP contribution in [0.4, 0.5) is 32.8 Å². The SMILES string of the molecule is CN(C)c1ccc(N=Nc2ccc(N3C(=O)C4CC=C5C(CC6(Cl)C(=O)N(c7ccc(F)cc7)C(=O)C6(Cl)C5C5=COc6ccc(O)cc6C5)C4C3=O)cc2)cc1. The Labute approximate surface area is 336 Å². The van der Waals surface area contributed by atoms with Gasteiger partial charge >= 0.3 is 0 Å². The number of ether oxygens (including phenoxy) is 1. The minimum absolute atomic E-state index is 0.00267. The maximum atomic E-state index is 14.7. The largest absolute Gasteiger partial charge is 0.508 e. The molecule has 4 aromatic rings. The zero-order chi connectivity index (χ0) is 40.0. The second-order valence-electron chi connectivity index (χ2n) is 15.2. The molecule has 0 spiro atoms. The van der Waals surface area contributed by atoms with Crippen molar-refractivity contribution >= 4 is 75.3 Å². The van der Waals surface area contributed by atoms with Gasteiger partial charge in [0.2, 0.25) is 11.8 Å². The smallest absolute Gasteiger partial charge is 0.258 e. The topological polar surface area (TPSA) is 132 Å². The van der Waals surface area contributed by atoms with E-state index < -0.39 is 62.9 Å². The molecule has 5 aliphatic rings. The van der Waals surface area contributed by atoms with E-state index in [4.69, 9.17) is 27.9 Å². The number of alkyl halides is 2. The van der Waals surface area contributed by atoms with Crippen molar-refractivity contribution < 1.29 is 33.4 Å². The van der Waals surface area contributed by atoms with Gasteiger partial charge in [-0.15, -0.1) is 23.2 Å². The van der Waals surface area contributed by atoms with Gasteiger partial charge in [0.05, 0.1) is 40.8 Å². The van der Waals surface area contributed by atoms with Crippen LogP contribution in [-0.2, 0) is 25.6 Å². The number of aromatic hydroxyl groups is 1. The van der Waals surface area contributed by atoms with E-state index in [1.54, 1.807) is 36.4 Å². The van der Waals surface area contributed by atoms with Crippen molar-refractivity contribution in [1.29, 1.82) is 0 Å². The highest BCUT2D eigenvalue weighted by Gasteiger charge is 2.77. The number of benzene rings is 4. The number of allylic oxidation sites excluding steroid dienone is 3. The Kier molecular flexibility index (Phi) is 8.63. The number of carbonyl (C=O) groups excluding carboxylic acids is 4. The third-order valence-corrected chi connectivity index (χ3v) is 13.2. The molecule has 4 amide bonds. The second-order valence-corrected chi connectivity index (χ2v) is 16.4. The van der Waals surface area contributed by atoms with Gasteiger partial charge < -0.3 is 14.7 Å². The fourth-order valence-electron chi connectivity index (χ4n) is 9.07. The molecule has 11 nitrogen and oxygen atoms in total. The molecule has 6 atom stereocenters. The maximum Gasteiger partial charge on any atom is 0.258 e. The zero-order valence-corrected chi connectivity index (χ0v) is 32.1. The monoisotopic (exact) mass is 805 g/mol. The summed E-state index contributed by atoms with van der Waals surface area (Å²) in [5, 5.41) is 18.9. The van der Waals surface area contributed by atoms with E-state index in [0.29, 0.717) is 39.5 Å². The number of carbonyl (C=O) groups is 4. The van der Waals surface area contributed by atoms with Crippen LogP contribution >= 0.6 is 23.2 Å². The van der Waals surface area contributed by atoms with Crippen molar-refractivity contribution in [1.82, 2.24) is 0 Å². The van der Waals surface area contributed by atoms with Crippen molar-refractivity contribution in [2.75, 3.05) is 28.8 Å². The highest BCUT2D eigenvalue weighted by Crippen LogP contribution is 2.65. The van der Waals surface area contributed by atoms with Gasteiger partial charge in [0, 0.05) is 37.7 Å². The van der Waals surface area contributed by atoms with Crippen LogP contribution in [0.1, 0.15) is 18.4 Å². The summed E-state index contributed by atoms with van der Waals surface area (Å²) in [6.45, 7) is 0. The summed E-state index contributed by atoms with van der Waals surface area (Å²) < 4.78 is 20.0. The molecule has 6 unspecified atom stereocenters. The van der Waals surface area contributed by atoms with Crippen LogP contribution in [0.15, 0.2) is 125 Å². The number of anilines is 3. The van der Waals surface area contributed by atoms with Crippen LogP contribution in [0.25, 0.3) is 0 Å². The molecule has 4 aromatic carbocycles. The van der Waals surface area contributed by atoms with Crippen molar-refractivity contribution in [2.24, 2.45) is 33.9 Å². The molecular weight excluding hydrogens is 772 g/mol. The lowest BCUT2D eigenvalue weighted by molar-refractivity contribution is -0.125. The number of halogens is 3. The molecule has 3 fully saturated rings. The molecule has 3 heterocycles. The van der Waals surface area contributed by atoms with Gasteiger partial charge in [0.15, 0.2) is 9.75 Å². The van der Waals surface area contributed by atoms with E-state index in [9.17, 15) is 28.7 Å². The number of rotatable bonds is 6. The van der Waals surface area contributed by atoms with Crippen LogP contribution in [0, 0.1) is 29.5 Å². The second kappa shape index (κ2) is 13.4. The van der Waals surface area contributed by atoms with E-state index in [0.717, 1.165) is 22.7 Å².